The molecule has 26 heavy (non-hydrogen) atoms. The fraction of sp³-hybridized carbons (Fsp3) is 0.409. The molecule has 0 fully saturated rings. The van der Waals surface area contributed by atoms with Crippen LogP contribution in [0.2, 0.25) is 0 Å². The van der Waals surface area contributed by atoms with Gasteiger partial charge in [0.05, 0.1) is 0 Å². The van der Waals surface area contributed by atoms with Crippen LogP contribution in [0, 0.1) is 20.8 Å². The van der Waals surface area contributed by atoms with Crippen molar-refractivity contribution < 1.29 is 19.0 Å². The van der Waals surface area contributed by atoms with Gasteiger partial charge in [-0.3, -0.25) is 4.79 Å². The minimum Gasteiger partial charge on any atom is -0.489 e. The van der Waals surface area contributed by atoms with E-state index < -0.39 is 5.60 Å². The van der Waals surface area contributed by atoms with Crippen LogP contribution < -0.4 is 14.2 Å². The van der Waals surface area contributed by atoms with Gasteiger partial charge in [-0.25, -0.2) is 0 Å². The standard InChI is InChI=1S/C22H26O4/c1-14-15(2)21-19(16(3)20(14)25-17(4)23)11-12-22(5,26-21)13-24-18-9-7-6-8-10-18/h6-10H,11-13H2,1-5H3. The van der Waals surface area contributed by atoms with Crippen molar-refractivity contribution in [1.82, 2.24) is 0 Å². The van der Waals surface area contributed by atoms with Gasteiger partial charge in [-0.2, -0.15) is 0 Å². The summed E-state index contributed by atoms with van der Waals surface area (Å²) in [6.45, 7) is 9.99. The van der Waals surface area contributed by atoms with Crippen molar-refractivity contribution in [2.75, 3.05) is 6.61 Å². The van der Waals surface area contributed by atoms with Crippen LogP contribution in [0.3, 0.4) is 0 Å². The second kappa shape index (κ2) is 7.02. The zero-order valence-corrected chi connectivity index (χ0v) is 16.1. The summed E-state index contributed by atoms with van der Waals surface area (Å²) in [6.07, 6.45) is 1.71. The lowest BCUT2D eigenvalue weighted by molar-refractivity contribution is -0.132. The van der Waals surface area contributed by atoms with Crippen LogP contribution in [0.1, 0.15) is 42.5 Å². The number of carbonyl (C=O) groups is 1. The Labute approximate surface area is 155 Å². The molecule has 0 saturated carbocycles. The van der Waals surface area contributed by atoms with E-state index in [4.69, 9.17) is 14.2 Å². The molecule has 0 bridgehead atoms. The summed E-state index contributed by atoms with van der Waals surface area (Å²) in [4.78, 5) is 11.4. The van der Waals surface area contributed by atoms with Gasteiger partial charge in [0.15, 0.2) is 0 Å². The SMILES string of the molecule is CC(=O)Oc1c(C)c(C)c2c(c1C)CCC(C)(COc1ccccc1)O2. The van der Waals surface area contributed by atoms with E-state index in [2.05, 4.69) is 6.92 Å². The average Bonchev–Trinajstić information content (AvgIpc) is 2.62. The van der Waals surface area contributed by atoms with Crippen molar-refractivity contribution in [2.24, 2.45) is 0 Å². The first-order chi connectivity index (χ1) is 12.3. The fourth-order valence-electron chi connectivity index (χ4n) is 3.43. The highest BCUT2D eigenvalue weighted by Crippen LogP contribution is 2.43. The zero-order chi connectivity index (χ0) is 18.9. The summed E-state index contributed by atoms with van der Waals surface area (Å²) in [7, 11) is 0. The molecule has 1 heterocycles. The van der Waals surface area contributed by atoms with Gasteiger partial charge in [-0.1, -0.05) is 18.2 Å². The maximum atomic E-state index is 11.4. The second-order valence-electron chi connectivity index (χ2n) is 7.26. The highest BCUT2D eigenvalue weighted by molar-refractivity contribution is 5.72. The Morgan fingerprint density at radius 1 is 1.12 bits per heavy atom. The summed E-state index contributed by atoms with van der Waals surface area (Å²) in [6, 6.07) is 9.79. The Balaban J connectivity index is 1.87. The normalized spacial score (nSPS) is 18.7. The van der Waals surface area contributed by atoms with Gasteiger partial charge in [0.1, 0.15) is 29.5 Å². The molecule has 2 aromatic carbocycles. The monoisotopic (exact) mass is 354 g/mol. The van der Waals surface area contributed by atoms with E-state index in [1.54, 1.807) is 0 Å². The van der Waals surface area contributed by atoms with E-state index in [1.165, 1.54) is 6.92 Å². The van der Waals surface area contributed by atoms with Crippen LogP contribution in [0.15, 0.2) is 30.3 Å². The van der Waals surface area contributed by atoms with Crippen LogP contribution in [-0.2, 0) is 11.2 Å². The van der Waals surface area contributed by atoms with Gasteiger partial charge in [0.2, 0.25) is 0 Å². The molecular weight excluding hydrogens is 328 g/mol. The van der Waals surface area contributed by atoms with Crippen molar-refractivity contribution >= 4 is 5.97 Å². The molecule has 0 aromatic heterocycles. The summed E-state index contributed by atoms with van der Waals surface area (Å²) >= 11 is 0. The molecule has 0 amide bonds. The lowest BCUT2D eigenvalue weighted by Crippen LogP contribution is -2.42. The van der Waals surface area contributed by atoms with E-state index in [0.29, 0.717) is 12.4 Å². The van der Waals surface area contributed by atoms with Gasteiger partial charge in [-0.15, -0.1) is 0 Å². The fourth-order valence-corrected chi connectivity index (χ4v) is 3.43. The minimum atomic E-state index is -0.393. The molecule has 3 rings (SSSR count). The molecule has 1 atom stereocenters. The molecule has 0 radical (unpaired) electrons. The summed E-state index contributed by atoms with van der Waals surface area (Å²) in [5.41, 5.74) is 3.69. The molecule has 0 N–H and O–H groups in total. The smallest absolute Gasteiger partial charge is 0.308 e. The molecule has 138 valence electrons. The molecule has 4 heteroatoms. The molecule has 1 aliphatic rings. The van der Waals surface area contributed by atoms with E-state index >= 15 is 0 Å². The number of hydrogen-bond donors (Lipinski definition) is 0. The number of benzene rings is 2. The number of ether oxygens (including phenoxy) is 3. The highest BCUT2D eigenvalue weighted by Gasteiger charge is 2.35. The van der Waals surface area contributed by atoms with E-state index in [-0.39, 0.29) is 5.97 Å². The number of rotatable bonds is 4. The Kier molecular flexibility index (Phi) is 4.94. The van der Waals surface area contributed by atoms with Gasteiger partial charge >= 0.3 is 5.97 Å². The molecule has 1 aliphatic heterocycles. The van der Waals surface area contributed by atoms with Crippen LogP contribution in [0.5, 0.6) is 17.2 Å². The van der Waals surface area contributed by atoms with Crippen molar-refractivity contribution in [3.8, 4) is 17.2 Å². The van der Waals surface area contributed by atoms with Crippen molar-refractivity contribution in [3.63, 3.8) is 0 Å². The number of para-hydroxylation sites is 1. The first-order valence-corrected chi connectivity index (χ1v) is 8.98. The summed E-state index contributed by atoms with van der Waals surface area (Å²) in [5, 5.41) is 0. The van der Waals surface area contributed by atoms with E-state index in [1.807, 2.05) is 51.1 Å². The van der Waals surface area contributed by atoms with Crippen LogP contribution >= 0.6 is 0 Å². The largest absolute Gasteiger partial charge is 0.489 e. The lowest BCUT2D eigenvalue weighted by Gasteiger charge is -2.37. The predicted octanol–water partition coefficient (Wildman–Crippen LogP) is 4.70. The first-order valence-electron chi connectivity index (χ1n) is 8.98. The predicted molar refractivity (Wildman–Crippen MR) is 101 cm³/mol. The highest BCUT2D eigenvalue weighted by atomic mass is 16.5. The molecule has 0 spiro atoms. The Morgan fingerprint density at radius 3 is 2.46 bits per heavy atom. The third-order valence-corrected chi connectivity index (χ3v) is 5.10. The second-order valence-corrected chi connectivity index (χ2v) is 7.26. The third-order valence-electron chi connectivity index (χ3n) is 5.10. The van der Waals surface area contributed by atoms with Crippen molar-refractivity contribution in [1.29, 1.82) is 0 Å². The van der Waals surface area contributed by atoms with E-state index in [0.717, 1.165) is 46.6 Å². The molecule has 1 unspecified atom stereocenters. The van der Waals surface area contributed by atoms with E-state index in [9.17, 15) is 4.79 Å². The van der Waals surface area contributed by atoms with Gasteiger partial charge in [0.25, 0.3) is 0 Å². The van der Waals surface area contributed by atoms with Gasteiger partial charge in [0, 0.05) is 12.5 Å². The van der Waals surface area contributed by atoms with Gasteiger partial charge in [-0.05, 0) is 69.4 Å². The average molecular weight is 354 g/mol. The van der Waals surface area contributed by atoms with Crippen molar-refractivity contribution in [3.05, 3.63) is 52.6 Å². The summed E-state index contributed by atoms with van der Waals surface area (Å²) in [5.74, 6) is 2.12. The molecular formula is C22H26O4. The molecule has 0 saturated heterocycles. The quantitative estimate of drug-likeness (QED) is 0.590. The first kappa shape index (κ1) is 18.3. The van der Waals surface area contributed by atoms with Crippen LogP contribution in [0.4, 0.5) is 0 Å². The molecule has 0 aliphatic carbocycles. The van der Waals surface area contributed by atoms with Gasteiger partial charge < -0.3 is 14.2 Å². The maximum absolute atomic E-state index is 11.4. The zero-order valence-electron chi connectivity index (χ0n) is 16.1. The number of fused-ring (bicyclic) bond motifs is 1. The molecule has 2 aromatic rings. The van der Waals surface area contributed by atoms with Crippen LogP contribution in [-0.4, -0.2) is 18.2 Å². The Hall–Kier alpha value is -2.49. The minimum absolute atomic E-state index is 0.298. The number of carbonyl (C=O) groups excluding carboxylic acids is 1. The topological polar surface area (TPSA) is 44.8 Å². The summed E-state index contributed by atoms with van der Waals surface area (Å²) < 4.78 is 17.8. The van der Waals surface area contributed by atoms with Crippen LogP contribution in [0.25, 0.3) is 0 Å². The third kappa shape index (κ3) is 3.55. The van der Waals surface area contributed by atoms with Crippen molar-refractivity contribution in [2.45, 2.75) is 53.1 Å². The number of hydrogen-bond acceptors (Lipinski definition) is 4. The lowest BCUT2D eigenvalue weighted by atomic mass is 9.87. The molecule has 4 nitrogen and oxygen atoms in total. The Morgan fingerprint density at radius 2 is 1.81 bits per heavy atom. The Bertz CT molecular complexity index is 826. The maximum Gasteiger partial charge on any atom is 0.308 e. The number of esters is 1.